The molecule has 2 aromatic rings. The van der Waals surface area contributed by atoms with Crippen LogP contribution < -0.4 is 5.73 Å². The molecule has 90 valence electrons. The van der Waals surface area contributed by atoms with Gasteiger partial charge in [0.05, 0.1) is 6.04 Å². The van der Waals surface area contributed by atoms with Gasteiger partial charge in [-0.15, -0.1) is 11.3 Å². The molecule has 2 N–H and O–H groups in total. The summed E-state index contributed by atoms with van der Waals surface area (Å²) in [5.74, 6) is -0.0275. The Labute approximate surface area is 105 Å². The number of rotatable bonds is 3. The van der Waals surface area contributed by atoms with E-state index in [1.165, 1.54) is 10.1 Å². The zero-order chi connectivity index (χ0) is 12.4. The van der Waals surface area contributed by atoms with Gasteiger partial charge in [0.1, 0.15) is 0 Å². The molecule has 1 heterocycles. The van der Waals surface area contributed by atoms with Crippen LogP contribution in [0.3, 0.4) is 0 Å². The Bertz CT molecular complexity index is 533. The number of amides is 1. The maximum Gasteiger partial charge on any atom is 0.239 e. The summed E-state index contributed by atoms with van der Waals surface area (Å²) in [5, 5.41) is 3.30. The smallest absolute Gasteiger partial charge is 0.239 e. The number of carbonyl (C=O) groups excluding carboxylic acids is 1. The van der Waals surface area contributed by atoms with Gasteiger partial charge in [-0.3, -0.25) is 4.79 Å². The van der Waals surface area contributed by atoms with Gasteiger partial charge in [-0.1, -0.05) is 18.2 Å². The molecule has 0 radical (unpaired) electrons. The molecule has 0 saturated heterocycles. The first kappa shape index (κ1) is 12.1. The van der Waals surface area contributed by atoms with Crippen molar-refractivity contribution in [2.75, 3.05) is 14.1 Å². The Morgan fingerprint density at radius 1 is 1.41 bits per heavy atom. The summed E-state index contributed by atoms with van der Waals surface area (Å²) in [7, 11) is 3.46. The van der Waals surface area contributed by atoms with E-state index in [1.807, 2.05) is 12.1 Å². The quantitative estimate of drug-likeness (QED) is 0.901. The molecular weight excluding hydrogens is 232 g/mol. The van der Waals surface area contributed by atoms with Crippen LogP contribution in [0.1, 0.15) is 5.56 Å². The Morgan fingerprint density at radius 2 is 2.12 bits per heavy atom. The number of carbonyl (C=O) groups is 1. The summed E-state index contributed by atoms with van der Waals surface area (Å²) in [4.78, 5) is 13.3. The van der Waals surface area contributed by atoms with Crippen LogP contribution >= 0.6 is 11.3 Å². The molecule has 0 aliphatic rings. The third-order valence-electron chi connectivity index (χ3n) is 2.76. The summed E-state index contributed by atoms with van der Waals surface area (Å²) in [6.07, 6.45) is 0.598. The van der Waals surface area contributed by atoms with Crippen molar-refractivity contribution in [3.05, 3.63) is 35.2 Å². The maximum atomic E-state index is 11.7. The Morgan fingerprint density at radius 3 is 2.82 bits per heavy atom. The average Bonchev–Trinajstić information content (AvgIpc) is 2.71. The first-order chi connectivity index (χ1) is 8.09. The number of nitrogens with two attached hydrogens (primary N) is 1. The third-order valence-corrected chi connectivity index (χ3v) is 3.77. The zero-order valence-electron chi connectivity index (χ0n) is 10.0. The summed E-state index contributed by atoms with van der Waals surface area (Å²) in [5.41, 5.74) is 7.07. The molecule has 0 aliphatic heterocycles. The van der Waals surface area contributed by atoms with Crippen LogP contribution in [-0.2, 0) is 11.2 Å². The van der Waals surface area contributed by atoms with Crippen LogP contribution in [-0.4, -0.2) is 30.9 Å². The molecular formula is C13H16N2OS. The highest BCUT2D eigenvalue weighted by Gasteiger charge is 2.17. The van der Waals surface area contributed by atoms with Gasteiger partial charge < -0.3 is 10.6 Å². The van der Waals surface area contributed by atoms with Gasteiger partial charge in [-0.05, 0) is 28.8 Å². The van der Waals surface area contributed by atoms with Gasteiger partial charge in [0.15, 0.2) is 0 Å². The van der Waals surface area contributed by atoms with Crippen molar-refractivity contribution in [3.8, 4) is 0 Å². The zero-order valence-corrected chi connectivity index (χ0v) is 10.8. The first-order valence-corrected chi connectivity index (χ1v) is 6.39. The lowest BCUT2D eigenvalue weighted by Gasteiger charge is -2.16. The second-order valence-corrected chi connectivity index (χ2v) is 5.21. The van der Waals surface area contributed by atoms with Crippen molar-refractivity contribution >= 4 is 27.3 Å². The average molecular weight is 248 g/mol. The number of hydrogen-bond acceptors (Lipinski definition) is 3. The molecule has 1 unspecified atom stereocenters. The minimum Gasteiger partial charge on any atom is -0.347 e. The Kier molecular flexibility index (Phi) is 3.45. The highest BCUT2D eigenvalue weighted by atomic mass is 32.1. The van der Waals surface area contributed by atoms with Crippen molar-refractivity contribution < 1.29 is 4.79 Å². The van der Waals surface area contributed by atoms with Crippen LogP contribution in [0.15, 0.2) is 29.6 Å². The molecule has 1 atom stereocenters. The summed E-state index contributed by atoms with van der Waals surface area (Å²) >= 11 is 1.70. The van der Waals surface area contributed by atoms with Crippen LogP contribution in [0.4, 0.5) is 0 Å². The monoisotopic (exact) mass is 248 g/mol. The van der Waals surface area contributed by atoms with Crippen molar-refractivity contribution in [3.63, 3.8) is 0 Å². The number of fused-ring (bicyclic) bond motifs is 1. The number of hydrogen-bond donors (Lipinski definition) is 1. The SMILES string of the molecule is CN(C)C(=O)C(N)Cc1csc2ccccc12. The molecule has 17 heavy (non-hydrogen) atoms. The minimum atomic E-state index is -0.456. The van der Waals surface area contributed by atoms with Crippen LogP contribution in [0.2, 0.25) is 0 Å². The molecule has 3 nitrogen and oxygen atoms in total. The first-order valence-electron chi connectivity index (χ1n) is 5.51. The molecule has 2 rings (SSSR count). The van der Waals surface area contributed by atoms with E-state index >= 15 is 0 Å². The van der Waals surface area contributed by atoms with E-state index < -0.39 is 6.04 Å². The topological polar surface area (TPSA) is 46.3 Å². The van der Waals surface area contributed by atoms with E-state index in [1.54, 1.807) is 30.3 Å². The Balaban J connectivity index is 2.21. The summed E-state index contributed by atoms with van der Waals surface area (Å²) in [6.45, 7) is 0. The second-order valence-electron chi connectivity index (χ2n) is 4.30. The third kappa shape index (κ3) is 2.48. The van der Waals surface area contributed by atoms with Gasteiger partial charge in [0.25, 0.3) is 0 Å². The van der Waals surface area contributed by atoms with Crippen LogP contribution in [0.25, 0.3) is 10.1 Å². The molecule has 4 heteroatoms. The van der Waals surface area contributed by atoms with Gasteiger partial charge >= 0.3 is 0 Å². The van der Waals surface area contributed by atoms with Crippen molar-refractivity contribution in [2.45, 2.75) is 12.5 Å². The normalized spacial score (nSPS) is 12.6. The van der Waals surface area contributed by atoms with E-state index in [9.17, 15) is 4.79 Å². The maximum absolute atomic E-state index is 11.7. The predicted molar refractivity (Wildman–Crippen MR) is 72.2 cm³/mol. The van der Waals surface area contributed by atoms with Crippen molar-refractivity contribution in [1.29, 1.82) is 0 Å². The van der Waals surface area contributed by atoms with Gasteiger partial charge in [0.2, 0.25) is 5.91 Å². The fourth-order valence-corrected chi connectivity index (χ4v) is 2.82. The lowest BCUT2D eigenvalue weighted by molar-refractivity contribution is -0.130. The lowest BCUT2D eigenvalue weighted by atomic mass is 10.0. The molecule has 1 aromatic carbocycles. The fraction of sp³-hybridized carbons (Fsp3) is 0.308. The van der Waals surface area contributed by atoms with Crippen molar-refractivity contribution in [1.82, 2.24) is 4.90 Å². The Hall–Kier alpha value is -1.39. The minimum absolute atomic E-state index is 0.0275. The molecule has 0 aliphatic carbocycles. The fourth-order valence-electron chi connectivity index (χ4n) is 1.85. The van der Waals surface area contributed by atoms with Gasteiger partial charge in [0, 0.05) is 18.8 Å². The molecule has 1 aromatic heterocycles. The molecule has 0 saturated carbocycles. The standard InChI is InChI=1S/C13H16N2OS/c1-15(2)13(16)11(14)7-9-8-17-12-6-4-3-5-10(9)12/h3-6,8,11H,7,14H2,1-2H3. The van der Waals surface area contributed by atoms with Gasteiger partial charge in [-0.2, -0.15) is 0 Å². The second kappa shape index (κ2) is 4.85. The molecule has 1 amide bonds. The highest BCUT2D eigenvalue weighted by molar-refractivity contribution is 7.17. The van der Waals surface area contributed by atoms with Gasteiger partial charge in [-0.25, -0.2) is 0 Å². The molecule has 0 bridgehead atoms. The number of nitrogens with zero attached hydrogens (tertiary/aromatic N) is 1. The van der Waals surface area contributed by atoms with E-state index in [4.69, 9.17) is 5.73 Å². The molecule has 0 spiro atoms. The lowest BCUT2D eigenvalue weighted by Crippen LogP contribution is -2.41. The number of thiophene rings is 1. The predicted octanol–water partition coefficient (Wildman–Crippen LogP) is 1.86. The van der Waals surface area contributed by atoms with E-state index in [0.717, 1.165) is 5.56 Å². The number of likely N-dealkylation sites (N-methyl/N-ethyl adjacent to an activating group) is 1. The van der Waals surface area contributed by atoms with E-state index in [0.29, 0.717) is 6.42 Å². The summed E-state index contributed by atoms with van der Waals surface area (Å²) < 4.78 is 1.24. The van der Waals surface area contributed by atoms with E-state index in [-0.39, 0.29) is 5.91 Å². The van der Waals surface area contributed by atoms with E-state index in [2.05, 4.69) is 17.5 Å². The van der Waals surface area contributed by atoms with Crippen LogP contribution in [0.5, 0.6) is 0 Å². The summed E-state index contributed by atoms with van der Waals surface area (Å²) in [6, 6.07) is 7.74. The van der Waals surface area contributed by atoms with Crippen molar-refractivity contribution in [2.24, 2.45) is 5.73 Å². The molecule has 0 fully saturated rings. The highest BCUT2D eigenvalue weighted by Crippen LogP contribution is 2.26. The number of benzene rings is 1. The van der Waals surface area contributed by atoms with Crippen LogP contribution in [0, 0.1) is 0 Å². The largest absolute Gasteiger partial charge is 0.347 e.